The zero-order valence-corrected chi connectivity index (χ0v) is 19.1. The van der Waals surface area contributed by atoms with Gasteiger partial charge in [0.25, 0.3) is 0 Å². The van der Waals surface area contributed by atoms with Crippen molar-refractivity contribution in [3.8, 4) is 0 Å². The van der Waals surface area contributed by atoms with Crippen molar-refractivity contribution in [1.82, 2.24) is 24.7 Å². The van der Waals surface area contributed by atoms with Crippen LogP contribution in [0.25, 0.3) is 10.9 Å². The van der Waals surface area contributed by atoms with Gasteiger partial charge >= 0.3 is 0 Å². The average Bonchev–Trinajstić information content (AvgIpc) is 3.18. The summed E-state index contributed by atoms with van der Waals surface area (Å²) in [5.74, 6) is 2.07. The van der Waals surface area contributed by atoms with Crippen LogP contribution in [0, 0.1) is 0 Å². The smallest absolute Gasteiger partial charge is 0.227 e. The highest BCUT2D eigenvalue weighted by Crippen LogP contribution is 2.36. The van der Waals surface area contributed by atoms with Crippen molar-refractivity contribution in [3.05, 3.63) is 24.5 Å². The molecular weight excluding hydrogens is 446 g/mol. The molecule has 2 saturated heterocycles. The number of hydrogen-bond donors (Lipinski definition) is 3. The fourth-order valence-electron chi connectivity index (χ4n) is 4.38. The molecule has 2 aliphatic rings. The largest absolute Gasteiger partial charge is 0.393 e. The van der Waals surface area contributed by atoms with E-state index in [1.807, 2.05) is 24.6 Å². The number of nitrogens with one attached hydrogen (secondary N) is 1. The van der Waals surface area contributed by atoms with E-state index in [-0.39, 0.29) is 25.7 Å². The molecule has 5 heterocycles. The normalized spacial score (nSPS) is 22.3. The summed E-state index contributed by atoms with van der Waals surface area (Å²) in [7, 11) is 0. The summed E-state index contributed by atoms with van der Waals surface area (Å²) in [6.07, 6.45) is 1.31. The van der Waals surface area contributed by atoms with E-state index in [4.69, 9.17) is 0 Å². The second-order valence-electron chi connectivity index (χ2n) is 9.30. The van der Waals surface area contributed by atoms with E-state index in [0.717, 1.165) is 10.9 Å². The maximum Gasteiger partial charge on any atom is 0.227 e. The van der Waals surface area contributed by atoms with E-state index in [9.17, 15) is 19.0 Å². The van der Waals surface area contributed by atoms with Crippen molar-refractivity contribution in [2.24, 2.45) is 0 Å². The number of fused-ring (bicyclic) bond motifs is 1. The number of pyridine rings is 1. The number of aliphatic hydroxyl groups is 2. The first kappa shape index (κ1) is 22.7. The van der Waals surface area contributed by atoms with E-state index in [1.165, 1.54) is 0 Å². The second-order valence-corrected chi connectivity index (χ2v) is 9.30. The number of anilines is 4. The monoisotopic (exact) mass is 474 g/mol. The molecule has 0 bridgehead atoms. The van der Waals surface area contributed by atoms with Gasteiger partial charge in [-0.15, -0.1) is 0 Å². The third kappa shape index (κ3) is 4.11. The highest BCUT2D eigenvalue weighted by atomic mass is 19.1. The molecule has 0 spiro atoms. The Morgan fingerprint density at radius 2 is 2.03 bits per heavy atom. The van der Waals surface area contributed by atoms with Gasteiger partial charge in [-0.25, -0.2) is 18.7 Å². The molecule has 2 fully saturated rings. The van der Waals surface area contributed by atoms with Crippen LogP contribution < -0.4 is 15.1 Å². The topological polar surface area (TPSA) is 115 Å². The molecule has 0 aliphatic carbocycles. The first-order chi connectivity index (χ1) is 16.3. The molecule has 0 amide bonds. The summed E-state index contributed by atoms with van der Waals surface area (Å²) in [6, 6.07) is 3.62. The Kier molecular flexibility index (Phi) is 5.72. The predicted octanol–water partition coefficient (Wildman–Crippen LogP) is 1.98. The molecule has 0 radical (unpaired) electrons. The average molecular weight is 475 g/mol. The first-order valence-electron chi connectivity index (χ1n) is 11.4. The third-order valence-electron chi connectivity index (χ3n) is 6.28. The SMILES string of the molecule is CC(C)n1nc(N2CC(F)(CO)C2)c2cnc(Nc3ccnc(N4CC[C@H](O)[C@H](F)C4)n3)cc21. The fraction of sp³-hybridized carbons (Fsp3) is 0.545. The Bertz CT molecular complexity index is 1180. The lowest BCUT2D eigenvalue weighted by Gasteiger charge is -2.43. The molecule has 3 aromatic rings. The molecular formula is C22H28F2N8O2. The maximum atomic E-state index is 14.3. The summed E-state index contributed by atoms with van der Waals surface area (Å²) < 4.78 is 30.1. The molecule has 2 aliphatic heterocycles. The molecule has 5 rings (SSSR count). The lowest BCUT2D eigenvalue weighted by molar-refractivity contribution is 0.0440. The van der Waals surface area contributed by atoms with Crippen LogP contribution in [0.1, 0.15) is 26.3 Å². The van der Waals surface area contributed by atoms with Crippen LogP contribution in [0.4, 0.5) is 32.2 Å². The lowest BCUT2D eigenvalue weighted by atomic mass is 9.97. The standard InChI is InChI=1S/C22H28F2N8O2/c1-13(2)32-16-7-19(26-8-14(16)20(29-32)31-10-22(24,11-31)12-33)27-18-3-5-25-21(28-18)30-6-4-17(34)15(23)9-30/h3,5,7-8,13,15,17,33-34H,4,6,9-12H2,1-2H3,(H,25,26,27,28)/t15-,17+/m1/s1. The van der Waals surface area contributed by atoms with Crippen molar-refractivity contribution in [1.29, 1.82) is 0 Å². The van der Waals surface area contributed by atoms with E-state index in [2.05, 4.69) is 25.4 Å². The Morgan fingerprint density at radius 3 is 2.74 bits per heavy atom. The molecule has 3 N–H and O–H groups in total. The van der Waals surface area contributed by atoms with Crippen LogP contribution in [-0.4, -0.2) is 85.7 Å². The van der Waals surface area contributed by atoms with E-state index in [1.54, 1.807) is 28.3 Å². The van der Waals surface area contributed by atoms with Crippen LogP contribution in [0.2, 0.25) is 0 Å². The van der Waals surface area contributed by atoms with Gasteiger partial charge in [-0.2, -0.15) is 10.1 Å². The van der Waals surface area contributed by atoms with Gasteiger partial charge in [-0.1, -0.05) is 0 Å². The number of nitrogens with zero attached hydrogens (tertiary/aromatic N) is 7. The number of aromatic nitrogens is 5. The Morgan fingerprint density at radius 1 is 1.24 bits per heavy atom. The van der Waals surface area contributed by atoms with Crippen molar-refractivity contribution < 1.29 is 19.0 Å². The molecule has 0 aromatic carbocycles. The Balaban J connectivity index is 1.39. The van der Waals surface area contributed by atoms with E-state index < -0.39 is 24.6 Å². The number of aliphatic hydroxyl groups excluding tert-OH is 2. The van der Waals surface area contributed by atoms with E-state index in [0.29, 0.717) is 36.4 Å². The zero-order valence-electron chi connectivity index (χ0n) is 19.1. The molecule has 2 atom stereocenters. The maximum absolute atomic E-state index is 14.3. The number of rotatable bonds is 6. The van der Waals surface area contributed by atoms with Crippen LogP contribution in [0.3, 0.4) is 0 Å². The quantitative estimate of drug-likeness (QED) is 0.493. The van der Waals surface area contributed by atoms with Crippen LogP contribution in [-0.2, 0) is 0 Å². The van der Waals surface area contributed by atoms with Crippen molar-refractivity contribution in [2.75, 3.05) is 47.9 Å². The number of hydrogen-bond acceptors (Lipinski definition) is 9. The number of halogens is 2. The van der Waals surface area contributed by atoms with Crippen LogP contribution in [0.5, 0.6) is 0 Å². The van der Waals surface area contributed by atoms with Gasteiger partial charge in [-0.05, 0) is 26.3 Å². The molecule has 3 aromatic heterocycles. The van der Waals surface area contributed by atoms with Gasteiger partial charge in [0.15, 0.2) is 11.5 Å². The lowest BCUT2D eigenvalue weighted by Crippen LogP contribution is -2.61. The fourth-order valence-corrected chi connectivity index (χ4v) is 4.38. The van der Waals surface area contributed by atoms with Gasteiger partial charge in [0, 0.05) is 31.0 Å². The summed E-state index contributed by atoms with van der Waals surface area (Å²) in [6.45, 7) is 4.20. The van der Waals surface area contributed by atoms with Crippen LogP contribution in [0.15, 0.2) is 24.5 Å². The summed E-state index contributed by atoms with van der Waals surface area (Å²) in [5.41, 5.74) is -0.759. The third-order valence-corrected chi connectivity index (χ3v) is 6.28. The van der Waals surface area contributed by atoms with Gasteiger partial charge in [0.2, 0.25) is 5.95 Å². The van der Waals surface area contributed by atoms with Gasteiger partial charge in [0.1, 0.15) is 17.8 Å². The minimum absolute atomic E-state index is 0.0398. The highest BCUT2D eigenvalue weighted by molar-refractivity contribution is 5.92. The Hall–Kier alpha value is -3.12. The molecule has 34 heavy (non-hydrogen) atoms. The molecule has 0 unspecified atom stereocenters. The van der Waals surface area contributed by atoms with E-state index >= 15 is 0 Å². The number of piperidine rings is 1. The molecule has 12 heteroatoms. The predicted molar refractivity (Wildman–Crippen MR) is 124 cm³/mol. The van der Waals surface area contributed by atoms with Crippen molar-refractivity contribution >= 4 is 34.3 Å². The summed E-state index contributed by atoms with van der Waals surface area (Å²) in [5, 5.41) is 27.5. The number of alkyl halides is 2. The van der Waals surface area contributed by atoms with Gasteiger partial charge < -0.3 is 25.3 Å². The van der Waals surface area contributed by atoms with Crippen molar-refractivity contribution in [3.63, 3.8) is 0 Å². The summed E-state index contributed by atoms with van der Waals surface area (Å²) in [4.78, 5) is 16.7. The van der Waals surface area contributed by atoms with Crippen LogP contribution >= 0.6 is 0 Å². The highest BCUT2D eigenvalue weighted by Gasteiger charge is 2.44. The van der Waals surface area contributed by atoms with Gasteiger partial charge in [0.05, 0.1) is 43.2 Å². The van der Waals surface area contributed by atoms with Gasteiger partial charge in [-0.3, -0.25) is 4.68 Å². The summed E-state index contributed by atoms with van der Waals surface area (Å²) >= 11 is 0. The van der Waals surface area contributed by atoms with Crippen molar-refractivity contribution in [2.45, 2.75) is 44.3 Å². The molecule has 0 saturated carbocycles. The minimum atomic E-state index is -1.60. The molecule has 182 valence electrons. The minimum Gasteiger partial charge on any atom is -0.393 e. The molecule has 10 nitrogen and oxygen atoms in total. The zero-order chi connectivity index (χ0) is 24.0. The Labute approximate surface area is 195 Å². The first-order valence-corrected chi connectivity index (χ1v) is 11.4. The second kappa shape index (κ2) is 8.58.